The first-order valence-electron chi connectivity index (χ1n) is 5.77. The fourth-order valence-corrected chi connectivity index (χ4v) is 2.51. The summed E-state index contributed by atoms with van der Waals surface area (Å²) in [5.74, 6) is 0.885. The third-order valence-electron chi connectivity index (χ3n) is 2.49. The van der Waals surface area contributed by atoms with Gasteiger partial charge in [0.25, 0.3) is 5.56 Å². The Morgan fingerprint density at radius 1 is 1.44 bits per heavy atom. The van der Waals surface area contributed by atoms with E-state index in [1.807, 2.05) is 18.2 Å². The number of nitrogens with zero attached hydrogens (tertiary/aromatic N) is 3. The fourth-order valence-electron chi connectivity index (χ4n) is 1.66. The molecule has 5 heteroatoms. The third-order valence-corrected chi connectivity index (χ3v) is 3.67. The van der Waals surface area contributed by atoms with Crippen LogP contribution in [0.2, 0.25) is 0 Å². The molecule has 4 nitrogen and oxygen atoms in total. The second kappa shape index (κ2) is 5.69. The molecule has 0 amide bonds. The molecule has 2 rings (SSSR count). The van der Waals surface area contributed by atoms with E-state index < -0.39 is 0 Å². The van der Waals surface area contributed by atoms with E-state index in [1.165, 1.54) is 16.3 Å². The van der Waals surface area contributed by atoms with Crippen molar-refractivity contribution in [3.05, 3.63) is 34.6 Å². The van der Waals surface area contributed by atoms with Crippen LogP contribution in [-0.4, -0.2) is 15.3 Å². The Balaban J connectivity index is 2.63. The molecule has 0 atom stereocenters. The molecule has 18 heavy (non-hydrogen) atoms. The zero-order chi connectivity index (χ0) is 13.0. The lowest BCUT2D eigenvalue weighted by Crippen LogP contribution is -2.23. The zero-order valence-corrected chi connectivity index (χ0v) is 10.9. The van der Waals surface area contributed by atoms with Gasteiger partial charge >= 0.3 is 0 Å². The summed E-state index contributed by atoms with van der Waals surface area (Å²) in [4.78, 5) is 16.7. The molecule has 0 N–H and O–H groups in total. The van der Waals surface area contributed by atoms with E-state index in [2.05, 4.69) is 11.9 Å². The Bertz CT molecular complexity index is 657. The van der Waals surface area contributed by atoms with Crippen LogP contribution in [0.3, 0.4) is 0 Å². The maximum atomic E-state index is 12.3. The van der Waals surface area contributed by atoms with Crippen molar-refractivity contribution in [2.24, 2.45) is 0 Å². The quantitative estimate of drug-likeness (QED) is 0.625. The van der Waals surface area contributed by atoms with Crippen LogP contribution in [0.1, 0.15) is 13.3 Å². The highest BCUT2D eigenvalue weighted by Gasteiger charge is 2.10. The average molecular weight is 259 g/mol. The van der Waals surface area contributed by atoms with Crippen LogP contribution in [-0.2, 0) is 6.54 Å². The highest BCUT2D eigenvalue weighted by atomic mass is 32.2. The zero-order valence-electron chi connectivity index (χ0n) is 10.1. The van der Waals surface area contributed by atoms with Crippen LogP contribution >= 0.6 is 11.8 Å². The Morgan fingerprint density at radius 3 is 2.94 bits per heavy atom. The average Bonchev–Trinajstić information content (AvgIpc) is 2.40. The minimum Gasteiger partial charge on any atom is -0.273 e. The second-order valence-corrected chi connectivity index (χ2v) is 4.87. The highest BCUT2D eigenvalue weighted by molar-refractivity contribution is 7.99. The fraction of sp³-hybridized carbons (Fsp3) is 0.308. The molecule has 0 saturated heterocycles. The molecule has 0 radical (unpaired) electrons. The molecule has 0 aliphatic rings. The number of aromatic nitrogens is 2. The third kappa shape index (κ3) is 2.39. The van der Waals surface area contributed by atoms with Gasteiger partial charge in [-0.1, -0.05) is 30.8 Å². The predicted octanol–water partition coefficient (Wildman–Crippen LogP) is 2.42. The van der Waals surface area contributed by atoms with Crippen molar-refractivity contribution in [2.45, 2.75) is 25.0 Å². The lowest BCUT2D eigenvalue weighted by atomic mass is 10.2. The molecule has 2 aromatic rings. The van der Waals surface area contributed by atoms with E-state index in [0.717, 1.165) is 12.2 Å². The van der Waals surface area contributed by atoms with Crippen molar-refractivity contribution in [1.82, 2.24) is 9.55 Å². The number of thioether (sulfide) groups is 1. The monoisotopic (exact) mass is 259 g/mol. The van der Waals surface area contributed by atoms with Gasteiger partial charge in [0.05, 0.1) is 17.0 Å². The molecule has 0 saturated carbocycles. The molecule has 0 spiro atoms. The summed E-state index contributed by atoms with van der Waals surface area (Å²) < 4.78 is 1.45. The van der Waals surface area contributed by atoms with Crippen LogP contribution in [0.5, 0.6) is 0 Å². The smallest absolute Gasteiger partial charge is 0.262 e. The van der Waals surface area contributed by atoms with Gasteiger partial charge in [-0.25, -0.2) is 4.98 Å². The Morgan fingerprint density at radius 2 is 2.22 bits per heavy atom. The minimum absolute atomic E-state index is 0.0444. The normalized spacial score (nSPS) is 10.4. The van der Waals surface area contributed by atoms with E-state index in [1.54, 1.807) is 12.1 Å². The number of para-hydroxylation sites is 1. The molecule has 0 aliphatic carbocycles. The largest absolute Gasteiger partial charge is 0.273 e. The number of benzene rings is 1. The van der Waals surface area contributed by atoms with Crippen LogP contribution in [0.25, 0.3) is 10.9 Å². The number of nitriles is 1. The number of hydrogen-bond donors (Lipinski definition) is 0. The number of fused-ring (bicyclic) bond motifs is 1. The summed E-state index contributed by atoms with van der Waals surface area (Å²) in [7, 11) is 0. The standard InChI is InChI=1S/C13H13N3OS/c1-2-9-18-13-15-11-6-4-3-5-10(11)12(17)16(13)8-7-14/h3-6H,2,8-9H2,1H3. The topological polar surface area (TPSA) is 58.7 Å². The molecule has 0 fully saturated rings. The molecular weight excluding hydrogens is 246 g/mol. The lowest BCUT2D eigenvalue weighted by Gasteiger charge is -2.09. The predicted molar refractivity (Wildman–Crippen MR) is 72.6 cm³/mol. The molecule has 0 unspecified atom stereocenters. The summed E-state index contributed by atoms with van der Waals surface area (Å²) in [6.45, 7) is 2.11. The molecule has 1 heterocycles. The van der Waals surface area contributed by atoms with Gasteiger partial charge in [0, 0.05) is 5.75 Å². The Hall–Kier alpha value is -1.80. The molecule has 0 bridgehead atoms. The van der Waals surface area contributed by atoms with Crippen LogP contribution in [0, 0.1) is 11.3 Å². The molecule has 0 aliphatic heterocycles. The van der Waals surface area contributed by atoms with Crippen molar-refractivity contribution < 1.29 is 0 Å². The van der Waals surface area contributed by atoms with Gasteiger partial charge in [-0.15, -0.1) is 0 Å². The van der Waals surface area contributed by atoms with Crippen molar-refractivity contribution in [1.29, 1.82) is 5.26 Å². The van der Waals surface area contributed by atoms with Crippen LogP contribution in [0.4, 0.5) is 0 Å². The Kier molecular flexibility index (Phi) is 4.00. The number of rotatable bonds is 4. The second-order valence-electron chi connectivity index (χ2n) is 3.81. The molecule has 1 aromatic heterocycles. The van der Waals surface area contributed by atoms with E-state index in [4.69, 9.17) is 5.26 Å². The SMILES string of the molecule is CCCSc1nc2ccccc2c(=O)n1CC#N. The maximum absolute atomic E-state index is 12.3. The van der Waals surface area contributed by atoms with Crippen molar-refractivity contribution in [3.63, 3.8) is 0 Å². The Labute approximate surface area is 109 Å². The summed E-state index contributed by atoms with van der Waals surface area (Å²) >= 11 is 1.52. The number of hydrogen-bond acceptors (Lipinski definition) is 4. The van der Waals surface area contributed by atoms with Crippen molar-refractivity contribution >= 4 is 22.7 Å². The van der Waals surface area contributed by atoms with Crippen LogP contribution in [0.15, 0.2) is 34.2 Å². The first kappa shape index (κ1) is 12.7. The maximum Gasteiger partial charge on any atom is 0.262 e. The first-order valence-corrected chi connectivity index (χ1v) is 6.75. The van der Waals surface area contributed by atoms with Gasteiger partial charge in [-0.05, 0) is 18.6 Å². The van der Waals surface area contributed by atoms with Gasteiger partial charge in [0.2, 0.25) is 0 Å². The van der Waals surface area contributed by atoms with Gasteiger partial charge in [-0.2, -0.15) is 5.26 Å². The summed E-state index contributed by atoms with van der Waals surface area (Å²) in [6.07, 6.45) is 1.000. The van der Waals surface area contributed by atoms with Crippen molar-refractivity contribution in [2.75, 3.05) is 5.75 Å². The summed E-state index contributed by atoms with van der Waals surface area (Å²) in [6, 6.07) is 9.25. The minimum atomic E-state index is -0.138. The summed E-state index contributed by atoms with van der Waals surface area (Å²) in [5, 5.41) is 10.0. The van der Waals surface area contributed by atoms with E-state index in [0.29, 0.717) is 16.1 Å². The molecular formula is C13H13N3OS. The van der Waals surface area contributed by atoms with E-state index >= 15 is 0 Å². The summed E-state index contributed by atoms with van der Waals surface area (Å²) in [5.41, 5.74) is 0.552. The van der Waals surface area contributed by atoms with E-state index in [9.17, 15) is 4.79 Å². The van der Waals surface area contributed by atoms with Gasteiger partial charge in [0.15, 0.2) is 5.16 Å². The highest BCUT2D eigenvalue weighted by Crippen LogP contribution is 2.18. The van der Waals surface area contributed by atoms with Gasteiger partial charge in [0.1, 0.15) is 6.54 Å². The van der Waals surface area contributed by atoms with Crippen LogP contribution < -0.4 is 5.56 Å². The molecule has 92 valence electrons. The molecule has 1 aromatic carbocycles. The first-order chi connectivity index (χ1) is 8.77. The van der Waals surface area contributed by atoms with Gasteiger partial charge < -0.3 is 0 Å². The van der Waals surface area contributed by atoms with E-state index in [-0.39, 0.29) is 12.1 Å². The van der Waals surface area contributed by atoms with Gasteiger partial charge in [-0.3, -0.25) is 9.36 Å². The lowest BCUT2D eigenvalue weighted by molar-refractivity contribution is 0.677. The van der Waals surface area contributed by atoms with Crippen molar-refractivity contribution in [3.8, 4) is 6.07 Å².